The van der Waals surface area contributed by atoms with Crippen molar-refractivity contribution in [1.82, 2.24) is 14.4 Å². The number of aromatic nitrogens is 3. The van der Waals surface area contributed by atoms with Gasteiger partial charge < -0.3 is 4.74 Å². The number of imidazole rings is 1. The highest BCUT2D eigenvalue weighted by atomic mass is 16.5. The van der Waals surface area contributed by atoms with Gasteiger partial charge in [-0.3, -0.25) is 4.40 Å². The molecule has 0 aliphatic rings. The maximum atomic E-state index is 5.42. The van der Waals surface area contributed by atoms with Crippen molar-refractivity contribution >= 4 is 16.6 Å². The highest BCUT2D eigenvalue weighted by Crippen LogP contribution is 2.28. The number of nitrogens with zero attached hydrogens (tertiary/aromatic N) is 3. The maximum absolute atomic E-state index is 5.42. The summed E-state index contributed by atoms with van der Waals surface area (Å²) in [5.41, 5.74) is 6.12. The molecule has 3 rings (SSSR count). The van der Waals surface area contributed by atoms with Gasteiger partial charge in [-0.2, -0.15) is 0 Å². The lowest BCUT2D eigenvalue weighted by molar-refractivity contribution is 0.418. The van der Waals surface area contributed by atoms with Crippen molar-refractivity contribution in [3.05, 3.63) is 35.4 Å². The average molecular weight is 241 g/mol. The summed E-state index contributed by atoms with van der Waals surface area (Å²) in [6.45, 7) is 6.06. The molecule has 0 saturated heterocycles. The van der Waals surface area contributed by atoms with Crippen molar-refractivity contribution in [3.63, 3.8) is 0 Å². The molecule has 0 aliphatic carbocycles. The largest absolute Gasteiger partial charge is 0.494 e. The van der Waals surface area contributed by atoms with Crippen LogP contribution in [0.15, 0.2) is 18.5 Å². The van der Waals surface area contributed by atoms with Gasteiger partial charge >= 0.3 is 0 Å². The van der Waals surface area contributed by atoms with Crippen LogP contribution < -0.4 is 4.74 Å². The number of hydrogen-bond acceptors (Lipinski definition) is 3. The molecule has 0 spiro atoms. The fourth-order valence-corrected chi connectivity index (χ4v) is 2.46. The molecule has 2 heterocycles. The van der Waals surface area contributed by atoms with Crippen LogP contribution in [0.1, 0.15) is 17.0 Å². The van der Waals surface area contributed by atoms with Gasteiger partial charge in [-0.1, -0.05) is 0 Å². The van der Waals surface area contributed by atoms with Crippen LogP contribution in [0, 0.1) is 20.8 Å². The van der Waals surface area contributed by atoms with Gasteiger partial charge in [0.05, 0.1) is 29.5 Å². The lowest BCUT2D eigenvalue weighted by atomic mass is 10.2. The van der Waals surface area contributed by atoms with E-state index >= 15 is 0 Å². The van der Waals surface area contributed by atoms with Crippen molar-refractivity contribution in [2.75, 3.05) is 7.11 Å². The van der Waals surface area contributed by atoms with Crippen molar-refractivity contribution in [2.45, 2.75) is 20.8 Å². The summed E-state index contributed by atoms with van der Waals surface area (Å²) >= 11 is 0. The molecule has 0 saturated carbocycles. The zero-order valence-electron chi connectivity index (χ0n) is 11.0. The highest BCUT2D eigenvalue weighted by molar-refractivity contribution is 5.86. The number of ether oxygens (including phenoxy) is 1. The number of fused-ring (bicyclic) bond motifs is 3. The summed E-state index contributed by atoms with van der Waals surface area (Å²) in [5, 5.41) is 0. The number of aryl methyl sites for hydroxylation is 3. The molecule has 0 bridgehead atoms. The van der Waals surface area contributed by atoms with Crippen molar-refractivity contribution in [1.29, 1.82) is 0 Å². The maximum Gasteiger partial charge on any atom is 0.146 e. The van der Waals surface area contributed by atoms with E-state index in [4.69, 9.17) is 4.74 Å². The summed E-state index contributed by atoms with van der Waals surface area (Å²) in [4.78, 5) is 9.04. The first-order valence-corrected chi connectivity index (χ1v) is 5.90. The Morgan fingerprint density at radius 1 is 1.11 bits per heavy atom. The fraction of sp³-hybridized carbons (Fsp3) is 0.286. The number of rotatable bonds is 1. The zero-order valence-corrected chi connectivity index (χ0v) is 11.0. The molecule has 0 atom stereocenters. The highest BCUT2D eigenvalue weighted by Gasteiger charge is 2.12. The summed E-state index contributed by atoms with van der Waals surface area (Å²) in [6, 6.07) is 4.11. The molecule has 18 heavy (non-hydrogen) atoms. The van der Waals surface area contributed by atoms with Gasteiger partial charge in [0.1, 0.15) is 17.6 Å². The molecule has 0 aliphatic heterocycles. The molecule has 0 amide bonds. The first-order valence-electron chi connectivity index (χ1n) is 5.90. The van der Waals surface area contributed by atoms with Crippen LogP contribution in [0.3, 0.4) is 0 Å². The lowest BCUT2D eigenvalue weighted by Crippen LogP contribution is -1.98. The molecular formula is C14H15N3O. The second-order valence-electron chi connectivity index (χ2n) is 4.58. The zero-order chi connectivity index (χ0) is 12.9. The number of benzene rings is 1. The van der Waals surface area contributed by atoms with Crippen molar-refractivity contribution < 1.29 is 4.74 Å². The van der Waals surface area contributed by atoms with E-state index in [1.807, 2.05) is 26.2 Å². The smallest absolute Gasteiger partial charge is 0.146 e. The third-order valence-electron chi connectivity index (χ3n) is 3.25. The van der Waals surface area contributed by atoms with Gasteiger partial charge in [0.2, 0.25) is 0 Å². The van der Waals surface area contributed by atoms with Gasteiger partial charge in [0.25, 0.3) is 0 Å². The van der Waals surface area contributed by atoms with Gasteiger partial charge in [-0.25, -0.2) is 9.97 Å². The molecule has 0 unspecified atom stereocenters. The van der Waals surface area contributed by atoms with Gasteiger partial charge in [0.15, 0.2) is 0 Å². The second kappa shape index (κ2) is 3.70. The molecule has 0 fully saturated rings. The SMILES string of the molecule is COc1cc(C)cc2c1nc(C)c1c(C)ncn12. The van der Waals surface area contributed by atoms with Crippen LogP contribution in [-0.2, 0) is 0 Å². The molecule has 92 valence electrons. The molecule has 1 aromatic carbocycles. The Kier molecular flexibility index (Phi) is 2.26. The Bertz CT molecular complexity index is 759. The summed E-state index contributed by atoms with van der Waals surface area (Å²) in [7, 11) is 1.68. The standard InChI is InChI=1S/C14H15N3O/c1-8-5-11-13(12(6-8)18-4)16-10(3)14-9(2)15-7-17(11)14/h5-7H,1-4H3. The van der Waals surface area contributed by atoms with Crippen LogP contribution in [0.5, 0.6) is 5.75 Å². The van der Waals surface area contributed by atoms with Crippen LogP contribution >= 0.6 is 0 Å². The Labute approximate surface area is 105 Å². The Hall–Kier alpha value is -2.10. The van der Waals surface area contributed by atoms with E-state index in [0.717, 1.165) is 39.3 Å². The molecular weight excluding hydrogens is 226 g/mol. The first kappa shape index (κ1) is 11.0. The molecule has 4 heteroatoms. The predicted octanol–water partition coefficient (Wildman–Crippen LogP) is 2.82. The van der Waals surface area contributed by atoms with Gasteiger partial charge in [0, 0.05) is 0 Å². The minimum atomic E-state index is 0.807. The van der Waals surface area contributed by atoms with E-state index in [-0.39, 0.29) is 0 Å². The quantitative estimate of drug-likeness (QED) is 0.657. The Balaban J connectivity index is 2.58. The second-order valence-corrected chi connectivity index (χ2v) is 4.58. The third-order valence-corrected chi connectivity index (χ3v) is 3.25. The van der Waals surface area contributed by atoms with Crippen molar-refractivity contribution in [2.24, 2.45) is 0 Å². The van der Waals surface area contributed by atoms with Gasteiger partial charge in [-0.05, 0) is 38.5 Å². The van der Waals surface area contributed by atoms with Crippen LogP contribution in [-0.4, -0.2) is 21.5 Å². The van der Waals surface area contributed by atoms with E-state index in [1.54, 1.807) is 7.11 Å². The number of methoxy groups -OCH3 is 1. The molecule has 4 nitrogen and oxygen atoms in total. The average Bonchev–Trinajstić information content (AvgIpc) is 2.73. The molecule has 0 radical (unpaired) electrons. The molecule has 2 aromatic heterocycles. The monoisotopic (exact) mass is 241 g/mol. The van der Waals surface area contributed by atoms with Crippen LogP contribution in [0.2, 0.25) is 0 Å². The van der Waals surface area contributed by atoms with Crippen molar-refractivity contribution in [3.8, 4) is 5.75 Å². The summed E-state index contributed by atoms with van der Waals surface area (Å²) < 4.78 is 7.51. The van der Waals surface area contributed by atoms with Crippen LogP contribution in [0.4, 0.5) is 0 Å². The van der Waals surface area contributed by atoms with E-state index in [0.29, 0.717) is 0 Å². The third kappa shape index (κ3) is 1.38. The summed E-state index contributed by atoms with van der Waals surface area (Å²) in [6.07, 6.45) is 1.85. The minimum Gasteiger partial charge on any atom is -0.494 e. The number of hydrogen-bond donors (Lipinski definition) is 0. The van der Waals surface area contributed by atoms with E-state index in [2.05, 4.69) is 27.4 Å². The summed E-state index contributed by atoms with van der Waals surface area (Å²) in [5.74, 6) is 0.807. The predicted molar refractivity (Wildman–Crippen MR) is 71.3 cm³/mol. The van der Waals surface area contributed by atoms with E-state index in [1.165, 1.54) is 0 Å². The Morgan fingerprint density at radius 3 is 2.61 bits per heavy atom. The van der Waals surface area contributed by atoms with Gasteiger partial charge in [-0.15, -0.1) is 0 Å². The lowest BCUT2D eigenvalue weighted by Gasteiger charge is -2.10. The first-order chi connectivity index (χ1) is 8.61. The fourth-order valence-electron chi connectivity index (χ4n) is 2.46. The van der Waals surface area contributed by atoms with Crippen LogP contribution in [0.25, 0.3) is 16.6 Å². The molecule has 3 aromatic rings. The normalized spacial score (nSPS) is 11.3. The van der Waals surface area contributed by atoms with E-state index < -0.39 is 0 Å². The van der Waals surface area contributed by atoms with E-state index in [9.17, 15) is 0 Å². The topological polar surface area (TPSA) is 39.4 Å². The Morgan fingerprint density at radius 2 is 1.89 bits per heavy atom. The molecule has 0 N–H and O–H groups in total. The minimum absolute atomic E-state index is 0.807.